The van der Waals surface area contributed by atoms with E-state index < -0.39 is 0 Å². The maximum absolute atomic E-state index is 11.9. The van der Waals surface area contributed by atoms with Gasteiger partial charge in [-0.3, -0.25) is 4.79 Å². The summed E-state index contributed by atoms with van der Waals surface area (Å²) < 4.78 is 5.10. The van der Waals surface area contributed by atoms with E-state index in [0.29, 0.717) is 13.2 Å². The van der Waals surface area contributed by atoms with Crippen LogP contribution in [0.25, 0.3) is 0 Å². The number of methoxy groups -OCH3 is 1. The molecule has 0 unspecified atom stereocenters. The van der Waals surface area contributed by atoms with Crippen LogP contribution < -0.4 is 10.2 Å². The first kappa shape index (κ1) is 12.1. The number of carbonyl (C=O) groups excluding carboxylic acids is 1. The van der Waals surface area contributed by atoms with Gasteiger partial charge in [0.15, 0.2) is 0 Å². The number of hydrogen-bond donors (Lipinski definition) is 1. The third-order valence-electron chi connectivity index (χ3n) is 2.95. The molecule has 0 saturated carbocycles. The van der Waals surface area contributed by atoms with Crippen molar-refractivity contribution in [2.45, 2.75) is 6.42 Å². The third kappa shape index (κ3) is 2.84. The van der Waals surface area contributed by atoms with Gasteiger partial charge in [0.2, 0.25) is 5.91 Å². The van der Waals surface area contributed by atoms with Crippen LogP contribution in [0.2, 0.25) is 0 Å². The van der Waals surface area contributed by atoms with Crippen LogP contribution in [0, 0.1) is 0 Å². The summed E-state index contributed by atoms with van der Waals surface area (Å²) >= 11 is 0. The zero-order chi connectivity index (χ0) is 12.1. The topological polar surface area (TPSA) is 41.6 Å². The second kappa shape index (κ2) is 5.80. The Hall–Kier alpha value is -1.39. The number of carbonyl (C=O) groups is 1. The molecule has 0 aromatic heterocycles. The normalized spacial score (nSPS) is 16.3. The Morgan fingerprint density at radius 3 is 3.00 bits per heavy atom. The van der Waals surface area contributed by atoms with Crippen LogP contribution in [0.3, 0.4) is 0 Å². The third-order valence-corrected chi connectivity index (χ3v) is 2.95. The number of ether oxygens (including phenoxy) is 1. The highest BCUT2D eigenvalue weighted by Gasteiger charge is 2.20. The standard InChI is InChI=1S/C13H18N2O2/c1-17-9-6-11-4-2-3-5-12(11)15-8-7-14-10-13(15)16/h2-5,14H,6-10H2,1H3. The van der Waals surface area contributed by atoms with Crippen molar-refractivity contribution < 1.29 is 9.53 Å². The van der Waals surface area contributed by atoms with Crippen molar-refractivity contribution in [1.82, 2.24) is 5.32 Å². The molecule has 1 N–H and O–H groups in total. The predicted octanol–water partition coefficient (Wildman–Crippen LogP) is 0.812. The lowest BCUT2D eigenvalue weighted by Gasteiger charge is -2.29. The van der Waals surface area contributed by atoms with E-state index >= 15 is 0 Å². The molecule has 0 bridgehead atoms. The van der Waals surface area contributed by atoms with Crippen molar-refractivity contribution >= 4 is 11.6 Å². The summed E-state index contributed by atoms with van der Waals surface area (Å²) in [5, 5.41) is 3.08. The van der Waals surface area contributed by atoms with Gasteiger partial charge in [0.25, 0.3) is 0 Å². The van der Waals surface area contributed by atoms with Gasteiger partial charge in [0, 0.05) is 25.9 Å². The smallest absolute Gasteiger partial charge is 0.240 e. The molecular weight excluding hydrogens is 216 g/mol. The number of para-hydroxylation sites is 1. The van der Waals surface area contributed by atoms with Gasteiger partial charge in [0.1, 0.15) is 0 Å². The van der Waals surface area contributed by atoms with Crippen LogP contribution in [0.1, 0.15) is 5.56 Å². The molecule has 0 atom stereocenters. The number of benzene rings is 1. The fourth-order valence-corrected chi connectivity index (χ4v) is 2.06. The fraction of sp³-hybridized carbons (Fsp3) is 0.462. The quantitative estimate of drug-likeness (QED) is 0.838. The SMILES string of the molecule is COCCc1ccccc1N1CCNCC1=O. The Kier molecular flexibility index (Phi) is 4.12. The van der Waals surface area contributed by atoms with Gasteiger partial charge >= 0.3 is 0 Å². The maximum atomic E-state index is 11.9. The number of hydrogen-bond acceptors (Lipinski definition) is 3. The molecule has 2 rings (SSSR count). The first-order valence-electron chi connectivity index (χ1n) is 5.91. The van der Waals surface area contributed by atoms with Gasteiger partial charge in [-0.25, -0.2) is 0 Å². The Morgan fingerprint density at radius 2 is 2.24 bits per heavy atom. The van der Waals surface area contributed by atoms with E-state index in [4.69, 9.17) is 4.74 Å². The van der Waals surface area contributed by atoms with Crippen molar-refractivity contribution in [2.75, 3.05) is 38.3 Å². The molecule has 0 radical (unpaired) electrons. The second-order valence-corrected chi connectivity index (χ2v) is 4.09. The van der Waals surface area contributed by atoms with E-state index in [9.17, 15) is 4.79 Å². The first-order chi connectivity index (χ1) is 8.33. The van der Waals surface area contributed by atoms with Gasteiger partial charge in [-0.05, 0) is 18.1 Å². The lowest BCUT2D eigenvalue weighted by molar-refractivity contribution is -0.118. The average Bonchev–Trinajstić information content (AvgIpc) is 2.37. The summed E-state index contributed by atoms with van der Waals surface area (Å²) in [5.41, 5.74) is 2.20. The molecule has 0 spiro atoms. The van der Waals surface area contributed by atoms with Crippen molar-refractivity contribution in [3.8, 4) is 0 Å². The number of nitrogens with one attached hydrogen (secondary N) is 1. The summed E-state index contributed by atoms with van der Waals surface area (Å²) in [7, 11) is 1.69. The van der Waals surface area contributed by atoms with Crippen LogP contribution in [0.4, 0.5) is 5.69 Å². The van der Waals surface area contributed by atoms with E-state index in [1.165, 1.54) is 5.56 Å². The van der Waals surface area contributed by atoms with Crippen molar-refractivity contribution in [3.05, 3.63) is 29.8 Å². The molecule has 1 aliphatic heterocycles. The monoisotopic (exact) mass is 234 g/mol. The minimum absolute atomic E-state index is 0.140. The van der Waals surface area contributed by atoms with Crippen LogP contribution >= 0.6 is 0 Å². The molecule has 1 aliphatic rings. The number of piperazine rings is 1. The molecular formula is C13H18N2O2. The zero-order valence-electron chi connectivity index (χ0n) is 10.1. The van der Waals surface area contributed by atoms with Crippen LogP contribution in [-0.2, 0) is 16.0 Å². The molecule has 17 heavy (non-hydrogen) atoms. The maximum Gasteiger partial charge on any atom is 0.240 e. The molecule has 1 amide bonds. The largest absolute Gasteiger partial charge is 0.384 e. The van der Waals surface area contributed by atoms with Crippen molar-refractivity contribution in [3.63, 3.8) is 0 Å². The molecule has 1 heterocycles. The highest BCUT2D eigenvalue weighted by molar-refractivity contribution is 5.96. The number of amides is 1. The lowest BCUT2D eigenvalue weighted by Crippen LogP contribution is -2.48. The Balaban J connectivity index is 2.20. The van der Waals surface area contributed by atoms with E-state index in [1.807, 2.05) is 23.1 Å². The van der Waals surface area contributed by atoms with E-state index in [1.54, 1.807) is 7.11 Å². The van der Waals surface area contributed by atoms with E-state index in [0.717, 1.165) is 25.2 Å². The Morgan fingerprint density at radius 1 is 1.41 bits per heavy atom. The molecule has 4 heteroatoms. The number of rotatable bonds is 4. The summed E-state index contributed by atoms with van der Waals surface area (Å²) in [6.07, 6.45) is 0.837. The van der Waals surface area contributed by atoms with Crippen molar-refractivity contribution in [2.24, 2.45) is 0 Å². The zero-order valence-corrected chi connectivity index (χ0v) is 10.1. The van der Waals surface area contributed by atoms with Crippen molar-refractivity contribution in [1.29, 1.82) is 0 Å². The number of nitrogens with zero attached hydrogens (tertiary/aromatic N) is 1. The predicted molar refractivity (Wildman–Crippen MR) is 67.2 cm³/mol. The van der Waals surface area contributed by atoms with Crippen LogP contribution in [-0.4, -0.2) is 39.3 Å². The summed E-state index contributed by atoms with van der Waals surface area (Å²) in [6, 6.07) is 8.04. The molecule has 1 fully saturated rings. The highest BCUT2D eigenvalue weighted by Crippen LogP contribution is 2.21. The lowest BCUT2D eigenvalue weighted by atomic mass is 10.1. The summed E-state index contributed by atoms with van der Waals surface area (Å²) in [5.74, 6) is 0.140. The summed E-state index contributed by atoms with van der Waals surface area (Å²) in [6.45, 7) is 2.70. The minimum atomic E-state index is 0.140. The van der Waals surface area contributed by atoms with Gasteiger partial charge < -0.3 is 15.0 Å². The molecule has 1 saturated heterocycles. The Bertz CT molecular complexity index is 393. The van der Waals surface area contributed by atoms with Gasteiger partial charge in [-0.15, -0.1) is 0 Å². The van der Waals surface area contributed by atoms with Gasteiger partial charge in [-0.2, -0.15) is 0 Å². The van der Waals surface area contributed by atoms with Crippen LogP contribution in [0.15, 0.2) is 24.3 Å². The highest BCUT2D eigenvalue weighted by atomic mass is 16.5. The summed E-state index contributed by atoms with van der Waals surface area (Å²) in [4.78, 5) is 13.7. The molecule has 0 aliphatic carbocycles. The van der Waals surface area contributed by atoms with Gasteiger partial charge in [-0.1, -0.05) is 18.2 Å². The minimum Gasteiger partial charge on any atom is -0.384 e. The fourth-order valence-electron chi connectivity index (χ4n) is 2.06. The number of anilines is 1. The van der Waals surface area contributed by atoms with E-state index in [2.05, 4.69) is 11.4 Å². The molecule has 1 aromatic carbocycles. The molecule has 1 aromatic rings. The van der Waals surface area contributed by atoms with E-state index in [-0.39, 0.29) is 5.91 Å². The van der Waals surface area contributed by atoms with Crippen LogP contribution in [0.5, 0.6) is 0 Å². The van der Waals surface area contributed by atoms with Gasteiger partial charge in [0.05, 0.1) is 13.2 Å². The Labute approximate surface area is 102 Å². The second-order valence-electron chi connectivity index (χ2n) is 4.09. The molecule has 4 nitrogen and oxygen atoms in total. The molecule has 92 valence electrons. The average molecular weight is 234 g/mol. The first-order valence-corrected chi connectivity index (χ1v) is 5.91.